The predicted octanol–water partition coefficient (Wildman–Crippen LogP) is 1.55. The Kier molecular flexibility index (Phi) is 11.3. The van der Waals surface area contributed by atoms with Crippen molar-refractivity contribution in [1.82, 2.24) is 15.4 Å². The summed E-state index contributed by atoms with van der Waals surface area (Å²) in [5, 5.41) is 12.8. The number of amides is 3. The molecular formula is C30H36N6O5S. The Hall–Kier alpha value is -4.55. The molecule has 0 aliphatic carbocycles. The number of rotatable bonds is 15. The van der Waals surface area contributed by atoms with Crippen molar-refractivity contribution >= 4 is 33.6 Å². The van der Waals surface area contributed by atoms with E-state index in [0.29, 0.717) is 11.1 Å². The number of nitrogen functional groups attached to an aromatic ring is 1. The summed E-state index contributed by atoms with van der Waals surface area (Å²) < 4.78 is 27.3. The second kappa shape index (κ2) is 14.9. The molecular weight excluding hydrogens is 556 g/mol. The lowest BCUT2D eigenvalue weighted by molar-refractivity contribution is -0.130. The molecule has 0 unspecified atom stereocenters. The van der Waals surface area contributed by atoms with Crippen LogP contribution in [0.15, 0.2) is 78.9 Å². The Balaban J connectivity index is 1.75. The van der Waals surface area contributed by atoms with E-state index in [4.69, 9.17) is 16.9 Å². The minimum absolute atomic E-state index is 0.0345. The molecule has 0 heterocycles. The fraction of sp³-hybridized carbons (Fsp3) is 0.267. The number of nitrogens with two attached hydrogens (primary N) is 2. The second-order valence-electron chi connectivity index (χ2n) is 9.74. The van der Waals surface area contributed by atoms with Gasteiger partial charge in [-0.25, -0.2) is 13.1 Å². The lowest BCUT2D eigenvalue weighted by Crippen LogP contribution is -2.54. The van der Waals surface area contributed by atoms with Gasteiger partial charge in [-0.2, -0.15) is 0 Å². The summed E-state index contributed by atoms with van der Waals surface area (Å²) in [5.41, 5.74) is 14.7. The fourth-order valence-electron chi connectivity index (χ4n) is 4.13. The molecule has 42 heavy (non-hydrogen) atoms. The van der Waals surface area contributed by atoms with Crippen LogP contribution in [-0.2, 0) is 37.4 Å². The number of hydrogen-bond donors (Lipinski definition) is 6. The van der Waals surface area contributed by atoms with Crippen molar-refractivity contribution in [2.75, 3.05) is 5.75 Å². The Morgan fingerprint density at radius 2 is 1.40 bits per heavy atom. The minimum Gasteiger partial charge on any atom is -0.384 e. The highest BCUT2D eigenvalue weighted by Gasteiger charge is 2.28. The molecule has 0 saturated heterocycles. The van der Waals surface area contributed by atoms with E-state index >= 15 is 0 Å². The smallest absolute Gasteiger partial charge is 0.242 e. The lowest BCUT2D eigenvalue weighted by Gasteiger charge is -2.23. The molecule has 0 bridgehead atoms. The average molecular weight is 593 g/mol. The highest BCUT2D eigenvalue weighted by atomic mass is 32.2. The first kappa shape index (κ1) is 32.0. The van der Waals surface area contributed by atoms with Crippen molar-refractivity contribution in [1.29, 1.82) is 5.41 Å². The van der Waals surface area contributed by atoms with Gasteiger partial charge in [0.2, 0.25) is 27.7 Å². The molecule has 0 radical (unpaired) electrons. The van der Waals surface area contributed by atoms with Gasteiger partial charge >= 0.3 is 0 Å². The molecule has 0 aromatic heterocycles. The Morgan fingerprint density at radius 3 is 1.98 bits per heavy atom. The number of benzene rings is 3. The summed E-state index contributed by atoms with van der Waals surface area (Å²) in [7, 11) is -3.78. The van der Waals surface area contributed by atoms with Crippen LogP contribution in [0, 0.1) is 5.41 Å². The van der Waals surface area contributed by atoms with Crippen LogP contribution in [-0.4, -0.2) is 49.8 Å². The Labute approximate surface area is 245 Å². The number of sulfonamides is 1. The Bertz CT molecular complexity index is 1490. The summed E-state index contributed by atoms with van der Waals surface area (Å²) in [6, 6.07) is 21.5. The maximum atomic E-state index is 13.4. The molecule has 0 spiro atoms. The first-order valence-electron chi connectivity index (χ1n) is 13.4. The normalized spacial score (nSPS) is 12.6. The topological polar surface area (TPSA) is 197 Å². The van der Waals surface area contributed by atoms with Gasteiger partial charge in [-0.1, -0.05) is 78.9 Å². The number of carbonyl (C=O) groups is 3. The third-order valence-corrected chi connectivity index (χ3v) is 7.97. The van der Waals surface area contributed by atoms with E-state index in [-0.39, 0.29) is 37.4 Å². The molecule has 3 aromatic rings. The van der Waals surface area contributed by atoms with E-state index in [1.807, 2.05) is 54.6 Å². The van der Waals surface area contributed by atoms with Gasteiger partial charge in [0.25, 0.3) is 0 Å². The van der Waals surface area contributed by atoms with Crippen LogP contribution in [0.5, 0.6) is 0 Å². The zero-order valence-electron chi connectivity index (χ0n) is 23.3. The fourth-order valence-corrected chi connectivity index (χ4v) is 4.92. The average Bonchev–Trinajstić information content (AvgIpc) is 2.98. The standard InChI is InChI=1S/C30H36N6O5S/c1-2-42(40,41)36-26(18-20-8-12-23(13-9-20)22-6-4-3-5-7-22)30(39)35-25(16-17-27(31)37)29(38)34-19-21-10-14-24(15-11-21)28(32)33/h3-15,25-26,36H,2,16-19H2,1H3,(H2,31,37)(H3,32,33)(H,34,38)(H,35,39)/t25-,26+/m0/s1. The van der Waals surface area contributed by atoms with Gasteiger partial charge < -0.3 is 22.1 Å². The number of amidine groups is 1. The molecule has 11 nitrogen and oxygen atoms in total. The maximum Gasteiger partial charge on any atom is 0.242 e. The van der Waals surface area contributed by atoms with Crippen molar-refractivity contribution in [3.05, 3.63) is 95.6 Å². The van der Waals surface area contributed by atoms with Gasteiger partial charge in [-0.15, -0.1) is 0 Å². The number of hydrogen-bond acceptors (Lipinski definition) is 6. The summed E-state index contributed by atoms with van der Waals surface area (Å²) in [5.74, 6) is -2.25. The second-order valence-corrected chi connectivity index (χ2v) is 11.8. The molecule has 222 valence electrons. The highest BCUT2D eigenvalue weighted by Crippen LogP contribution is 2.20. The van der Waals surface area contributed by atoms with Crippen molar-refractivity contribution in [3.63, 3.8) is 0 Å². The summed E-state index contributed by atoms with van der Waals surface area (Å²) in [6.45, 7) is 1.57. The highest BCUT2D eigenvalue weighted by molar-refractivity contribution is 7.89. The molecule has 2 atom stereocenters. The van der Waals surface area contributed by atoms with Gasteiger partial charge in [0.15, 0.2) is 0 Å². The van der Waals surface area contributed by atoms with Crippen LogP contribution < -0.4 is 26.8 Å². The largest absolute Gasteiger partial charge is 0.384 e. The number of primary amides is 1. The molecule has 0 fully saturated rings. The summed E-state index contributed by atoms with van der Waals surface area (Å²) in [6.07, 6.45) is -0.208. The van der Waals surface area contributed by atoms with Crippen molar-refractivity contribution in [3.8, 4) is 11.1 Å². The molecule has 3 aromatic carbocycles. The van der Waals surface area contributed by atoms with Crippen LogP contribution in [0.3, 0.4) is 0 Å². The van der Waals surface area contributed by atoms with E-state index in [1.54, 1.807) is 24.3 Å². The minimum atomic E-state index is -3.78. The molecule has 0 aliphatic rings. The van der Waals surface area contributed by atoms with Gasteiger partial charge in [-0.05, 0) is 42.0 Å². The van der Waals surface area contributed by atoms with Crippen LogP contribution in [0.4, 0.5) is 0 Å². The maximum absolute atomic E-state index is 13.4. The first-order valence-corrected chi connectivity index (χ1v) is 15.1. The zero-order valence-corrected chi connectivity index (χ0v) is 24.1. The van der Waals surface area contributed by atoms with E-state index in [0.717, 1.165) is 16.7 Å². The van der Waals surface area contributed by atoms with E-state index in [1.165, 1.54) is 6.92 Å². The monoisotopic (exact) mass is 592 g/mol. The van der Waals surface area contributed by atoms with Crippen LogP contribution in [0.25, 0.3) is 11.1 Å². The Morgan fingerprint density at radius 1 is 0.810 bits per heavy atom. The van der Waals surface area contributed by atoms with Gasteiger partial charge in [0.1, 0.15) is 17.9 Å². The third kappa shape index (κ3) is 9.82. The SMILES string of the molecule is CCS(=O)(=O)N[C@H](Cc1ccc(-c2ccccc2)cc1)C(=O)N[C@@H](CCC(N)=O)C(=O)NCc1ccc(C(=N)N)cc1. The van der Waals surface area contributed by atoms with E-state index in [2.05, 4.69) is 15.4 Å². The molecule has 12 heteroatoms. The van der Waals surface area contributed by atoms with Gasteiger partial charge in [-0.3, -0.25) is 19.8 Å². The molecule has 3 rings (SSSR count). The number of nitrogens with one attached hydrogen (secondary N) is 4. The van der Waals surface area contributed by atoms with Crippen LogP contribution in [0.1, 0.15) is 36.5 Å². The van der Waals surface area contributed by atoms with Crippen LogP contribution in [0.2, 0.25) is 0 Å². The van der Waals surface area contributed by atoms with E-state index in [9.17, 15) is 22.8 Å². The summed E-state index contributed by atoms with van der Waals surface area (Å²) in [4.78, 5) is 37.9. The zero-order chi connectivity index (χ0) is 30.7. The molecule has 0 saturated carbocycles. The van der Waals surface area contributed by atoms with Crippen molar-refractivity contribution in [2.24, 2.45) is 11.5 Å². The molecule has 0 aliphatic heterocycles. The molecule has 3 amide bonds. The quantitative estimate of drug-likeness (QED) is 0.114. The predicted molar refractivity (Wildman–Crippen MR) is 162 cm³/mol. The third-order valence-electron chi connectivity index (χ3n) is 6.56. The van der Waals surface area contributed by atoms with Crippen LogP contribution >= 0.6 is 0 Å². The number of carbonyl (C=O) groups excluding carboxylic acids is 3. The summed E-state index contributed by atoms with van der Waals surface area (Å²) >= 11 is 0. The van der Waals surface area contributed by atoms with Crippen molar-refractivity contribution < 1.29 is 22.8 Å². The van der Waals surface area contributed by atoms with Gasteiger partial charge in [0.05, 0.1) is 5.75 Å². The van der Waals surface area contributed by atoms with Gasteiger partial charge in [0, 0.05) is 18.5 Å². The molecule has 8 N–H and O–H groups in total. The lowest BCUT2D eigenvalue weighted by atomic mass is 10.0. The van der Waals surface area contributed by atoms with Crippen molar-refractivity contribution in [2.45, 2.75) is 44.8 Å². The first-order chi connectivity index (χ1) is 20.0. The van der Waals surface area contributed by atoms with E-state index < -0.39 is 39.8 Å².